The number of phenolic OH excluding ortho intramolecular Hbond substituents is 1. The molecule has 8 heteroatoms. The molecule has 0 aliphatic carbocycles. The summed E-state index contributed by atoms with van der Waals surface area (Å²) in [5, 5.41) is 24.0. The summed E-state index contributed by atoms with van der Waals surface area (Å²) in [5.41, 5.74) is 1.79. The predicted molar refractivity (Wildman–Crippen MR) is 107 cm³/mol. The first-order valence-electron chi connectivity index (χ1n) is 9.55. The molecule has 29 heavy (non-hydrogen) atoms. The smallest absolute Gasteiger partial charge is 0.204 e. The maximum atomic E-state index is 11.8. The second kappa shape index (κ2) is 9.68. The van der Waals surface area contributed by atoms with Crippen LogP contribution >= 0.6 is 0 Å². The molecule has 0 saturated carbocycles. The van der Waals surface area contributed by atoms with Crippen molar-refractivity contribution in [1.29, 1.82) is 0 Å². The summed E-state index contributed by atoms with van der Waals surface area (Å²) in [4.78, 5) is 11.8. The Hall–Kier alpha value is -3.42. The van der Waals surface area contributed by atoms with Crippen molar-refractivity contribution >= 4 is 5.78 Å². The number of ketones is 1. The van der Waals surface area contributed by atoms with Crippen molar-refractivity contribution in [3.05, 3.63) is 47.5 Å². The van der Waals surface area contributed by atoms with Gasteiger partial charge in [0.05, 0.1) is 18.8 Å². The fraction of sp³-hybridized carbons (Fsp3) is 0.333. The molecule has 0 amide bonds. The third-order valence-electron chi connectivity index (χ3n) is 4.53. The van der Waals surface area contributed by atoms with E-state index in [0.717, 1.165) is 24.2 Å². The molecule has 0 bridgehead atoms. The van der Waals surface area contributed by atoms with Gasteiger partial charge in [-0.2, -0.15) is 5.21 Å². The lowest BCUT2D eigenvalue weighted by molar-refractivity contribution is 0.0985. The van der Waals surface area contributed by atoms with Crippen LogP contribution in [-0.4, -0.2) is 44.7 Å². The number of aromatic nitrogens is 4. The number of nitrogens with zero attached hydrogens (tertiary/aromatic N) is 3. The maximum absolute atomic E-state index is 11.8. The Balaban J connectivity index is 1.40. The molecule has 0 radical (unpaired) electrons. The Morgan fingerprint density at radius 2 is 1.79 bits per heavy atom. The standard InChI is InChI=1S/C21H24N4O4/c1-3-18(26)17-10-11-19(14(2)20(17)27)29-13-5-4-12-28-16-8-6-15(7-9-16)21-22-24-25-23-21/h6-11,27H,3-5,12-13H2,1-2H3,(H,22,23,24,25). The van der Waals surface area contributed by atoms with Crippen molar-refractivity contribution in [2.75, 3.05) is 13.2 Å². The summed E-state index contributed by atoms with van der Waals surface area (Å²) < 4.78 is 11.5. The van der Waals surface area contributed by atoms with E-state index >= 15 is 0 Å². The SMILES string of the molecule is CCC(=O)c1ccc(OCCCCOc2ccc(-c3nn[nH]n3)cc2)c(C)c1O. The Kier molecular flexibility index (Phi) is 6.78. The van der Waals surface area contributed by atoms with Crippen molar-refractivity contribution in [3.63, 3.8) is 0 Å². The van der Waals surface area contributed by atoms with Gasteiger partial charge in [-0.1, -0.05) is 6.92 Å². The zero-order chi connectivity index (χ0) is 20.6. The van der Waals surface area contributed by atoms with Crippen LogP contribution in [0.1, 0.15) is 42.1 Å². The molecule has 3 rings (SSSR count). The average molecular weight is 396 g/mol. The Bertz CT molecular complexity index is 940. The molecule has 0 fully saturated rings. The summed E-state index contributed by atoms with van der Waals surface area (Å²) in [5.74, 6) is 1.83. The summed E-state index contributed by atoms with van der Waals surface area (Å²) in [7, 11) is 0. The number of hydrogen-bond donors (Lipinski definition) is 2. The van der Waals surface area contributed by atoms with Gasteiger partial charge in [0.15, 0.2) is 5.78 Å². The van der Waals surface area contributed by atoms with E-state index in [2.05, 4.69) is 20.6 Å². The van der Waals surface area contributed by atoms with Crippen molar-refractivity contribution in [1.82, 2.24) is 20.6 Å². The van der Waals surface area contributed by atoms with E-state index in [1.165, 1.54) is 0 Å². The summed E-state index contributed by atoms with van der Waals surface area (Å²) in [6.45, 7) is 4.59. The fourth-order valence-electron chi connectivity index (χ4n) is 2.81. The number of unbranched alkanes of at least 4 members (excludes halogenated alkanes) is 1. The number of phenols is 1. The van der Waals surface area contributed by atoms with Crippen LogP contribution in [0.2, 0.25) is 0 Å². The molecule has 1 heterocycles. The molecule has 3 aromatic rings. The molecule has 0 saturated heterocycles. The van der Waals surface area contributed by atoms with E-state index in [-0.39, 0.29) is 11.5 Å². The molecule has 0 unspecified atom stereocenters. The highest BCUT2D eigenvalue weighted by Crippen LogP contribution is 2.31. The van der Waals surface area contributed by atoms with E-state index in [9.17, 15) is 9.90 Å². The number of nitrogens with one attached hydrogen (secondary N) is 1. The number of hydrogen-bond acceptors (Lipinski definition) is 7. The molecule has 152 valence electrons. The highest BCUT2D eigenvalue weighted by molar-refractivity contribution is 5.99. The average Bonchev–Trinajstić information content (AvgIpc) is 3.28. The van der Waals surface area contributed by atoms with Gasteiger partial charge in [-0.05, 0) is 61.4 Å². The van der Waals surface area contributed by atoms with E-state index in [4.69, 9.17) is 9.47 Å². The first-order valence-corrected chi connectivity index (χ1v) is 9.55. The number of H-pyrrole nitrogens is 1. The van der Waals surface area contributed by atoms with Gasteiger partial charge in [0.25, 0.3) is 0 Å². The van der Waals surface area contributed by atoms with Gasteiger partial charge >= 0.3 is 0 Å². The molecular formula is C21H24N4O4. The molecule has 2 aromatic carbocycles. The Morgan fingerprint density at radius 1 is 1.07 bits per heavy atom. The van der Waals surface area contributed by atoms with Crippen molar-refractivity contribution < 1.29 is 19.4 Å². The van der Waals surface area contributed by atoms with Gasteiger partial charge in [0, 0.05) is 17.5 Å². The van der Waals surface area contributed by atoms with Crippen LogP contribution in [0.3, 0.4) is 0 Å². The third-order valence-corrected chi connectivity index (χ3v) is 4.53. The largest absolute Gasteiger partial charge is 0.507 e. The topological polar surface area (TPSA) is 110 Å². The van der Waals surface area contributed by atoms with E-state index in [0.29, 0.717) is 42.3 Å². The predicted octanol–water partition coefficient (Wildman–Crippen LogP) is 3.71. The lowest BCUT2D eigenvalue weighted by Crippen LogP contribution is -2.04. The lowest BCUT2D eigenvalue weighted by atomic mass is 10.0. The number of aromatic hydroxyl groups is 1. The zero-order valence-electron chi connectivity index (χ0n) is 16.5. The van der Waals surface area contributed by atoms with E-state index in [1.54, 1.807) is 26.0 Å². The number of carbonyl (C=O) groups is 1. The van der Waals surface area contributed by atoms with Gasteiger partial charge in [0.2, 0.25) is 5.82 Å². The molecule has 1 aromatic heterocycles. The molecule has 0 spiro atoms. The summed E-state index contributed by atoms with van der Waals surface area (Å²) in [6, 6.07) is 10.8. The van der Waals surface area contributed by atoms with Crippen molar-refractivity contribution in [2.45, 2.75) is 33.1 Å². The summed E-state index contributed by atoms with van der Waals surface area (Å²) in [6.07, 6.45) is 1.98. The van der Waals surface area contributed by atoms with Crippen molar-refractivity contribution in [2.24, 2.45) is 0 Å². The normalized spacial score (nSPS) is 10.7. The second-order valence-electron chi connectivity index (χ2n) is 6.53. The van der Waals surface area contributed by atoms with Crippen LogP contribution < -0.4 is 9.47 Å². The van der Waals surface area contributed by atoms with Crippen LogP contribution in [0.4, 0.5) is 0 Å². The van der Waals surface area contributed by atoms with Crippen LogP contribution in [0.15, 0.2) is 36.4 Å². The fourth-order valence-corrected chi connectivity index (χ4v) is 2.81. The molecule has 8 nitrogen and oxygen atoms in total. The molecule has 0 aliphatic rings. The number of aromatic amines is 1. The molecule has 0 aliphatic heterocycles. The van der Waals surface area contributed by atoms with Gasteiger partial charge < -0.3 is 14.6 Å². The number of benzene rings is 2. The second-order valence-corrected chi connectivity index (χ2v) is 6.53. The van der Waals surface area contributed by atoms with Crippen LogP contribution in [0.5, 0.6) is 17.2 Å². The van der Waals surface area contributed by atoms with Crippen LogP contribution in [0, 0.1) is 6.92 Å². The van der Waals surface area contributed by atoms with Gasteiger partial charge in [-0.25, -0.2) is 0 Å². The number of rotatable bonds is 10. The van der Waals surface area contributed by atoms with Crippen molar-refractivity contribution in [3.8, 4) is 28.6 Å². The molecule has 0 atom stereocenters. The van der Waals surface area contributed by atoms with Gasteiger partial charge in [0.1, 0.15) is 17.2 Å². The van der Waals surface area contributed by atoms with Gasteiger partial charge in [-0.15, -0.1) is 10.2 Å². The first kappa shape index (κ1) is 20.3. The minimum atomic E-state index is -0.0837. The number of Topliss-reactive ketones (excluding diaryl/α,β-unsaturated/α-hetero) is 1. The quantitative estimate of drug-likeness (QED) is 0.397. The highest BCUT2D eigenvalue weighted by atomic mass is 16.5. The Labute approximate surface area is 168 Å². The van der Waals surface area contributed by atoms with E-state index in [1.807, 2.05) is 24.3 Å². The Morgan fingerprint density at radius 3 is 2.45 bits per heavy atom. The minimum Gasteiger partial charge on any atom is -0.507 e. The monoisotopic (exact) mass is 396 g/mol. The number of tetrazole rings is 1. The van der Waals surface area contributed by atoms with Gasteiger partial charge in [-0.3, -0.25) is 4.79 Å². The van der Waals surface area contributed by atoms with Crippen LogP contribution in [0.25, 0.3) is 11.4 Å². The zero-order valence-corrected chi connectivity index (χ0v) is 16.5. The van der Waals surface area contributed by atoms with E-state index < -0.39 is 0 Å². The van der Waals surface area contributed by atoms with Crippen LogP contribution in [-0.2, 0) is 0 Å². The number of ether oxygens (including phenoxy) is 2. The first-order chi connectivity index (χ1) is 14.1. The maximum Gasteiger partial charge on any atom is 0.204 e. The molecular weight excluding hydrogens is 372 g/mol. The number of carbonyl (C=O) groups excluding carboxylic acids is 1. The summed E-state index contributed by atoms with van der Waals surface area (Å²) >= 11 is 0. The third kappa shape index (κ3) is 5.10. The molecule has 2 N–H and O–H groups in total. The highest BCUT2D eigenvalue weighted by Gasteiger charge is 2.14. The minimum absolute atomic E-state index is 0.00181. The lowest BCUT2D eigenvalue weighted by Gasteiger charge is -2.13.